The van der Waals surface area contributed by atoms with E-state index in [0.29, 0.717) is 6.54 Å². The second-order valence-corrected chi connectivity index (χ2v) is 7.02. The van der Waals surface area contributed by atoms with E-state index < -0.39 is 0 Å². The van der Waals surface area contributed by atoms with Crippen molar-refractivity contribution in [1.29, 1.82) is 0 Å². The van der Waals surface area contributed by atoms with E-state index in [9.17, 15) is 0 Å². The molecule has 3 rings (SSSR count). The number of rotatable bonds is 6. The maximum atomic E-state index is 5.56. The quantitative estimate of drug-likeness (QED) is 0.372. The molecule has 2 aromatic rings. The Morgan fingerprint density at radius 3 is 2.26 bits per heavy atom. The van der Waals surface area contributed by atoms with Gasteiger partial charge in [-0.2, -0.15) is 0 Å². The lowest BCUT2D eigenvalue weighted by Crippen LogP contribution is -2.36. The summed E-state index contributed by atoms with van der Waals surface area (Å²) in [4.78, 5) is 6.82. The maximum absolute atomic E-state index is 5.56. The number of benzene rings is 1. The van der Waals surface area contributed by atoms with E-state index in [1.807, 2.05) is 13.8 Å². The van der Waals surface area contributed by atoms with Crippen LogP contribution in [0, 0.1) is 13.8 Å². The first kappa shape index (κ1) is 21.8. The molecule has 1 aromatic heterocycles. The van der Waals surface area contributed by atoms with Gasteiger partial charge in [-0.15, -0.1) is 24.0 Å². The number of likely N-dealkylation sites (tertiary alicyclic amines) is 1. The van der Waals surface area contributed by atoms with E-state index in [4.69, 9.17) is 4.42 Å². The monoisotopic (exact) mass is 482 g/mol. The van der Waals surface area contributed by atoms with Gasteiger partial charge in [-0.1, -0.05) is 24.3 Å². The molecule has 148 valence electrons. The number of hydrogen-bond acceptors (Lipinski definition) is 3. The number of hydrogen-bond donors (Lipinski definition) is 2. The zero-order valence-electron chi connectivity index (χ0n) is 16.5. The summed E-state index contributed by atoms with van der Waals surface area (Å²) < 4.78 is 5.56. The third-order valence-electron chi connectivity index (χ3n) is 4.90. The molecule has 27 heavy (non-hydrogen) atoms. The van der Waals surface area contributed by atoms with Gasteiger partial charge in [0.25, 0.3) is 0 Å². The van der Waals surface area contributed by atoms with Crippen LogP contribution in [0.15, 0.2) is 39.7 Å². The Labute approximate surface area is 179 Å². The van der Waals surface area contributed by atoms with Crippen LogP contribution in [0.1, 0.15) is 41.1 Å². The van der Waals surface area contributed by atoms with Crippen LogP contribution in [0.4, 0.5) is 0 Å². The second-order valence-electron chi connectivity index (χ2n) is 7.02. The topological polar surface area (TPSA) is 52.8 Å². The number of aryl methyl sites for hydroxylation is 2. The van der Waals surface area contributed by atoms with Gasteiger partial charge in [0.2, 0.25) is 0 Å². The first-order valence-corrected chi connectivity index (χ1v) is 9.44. The summed E-state index contributed by atoms with van der Waals surface area (Å²) in [5.74, 6) is 2.69. The molecule has 2 N–H and O–H groups in total. The standard InChI is InChI=1S/C21H30N4O.HI/c1-16-12-20(17(2)26-16)14-24-21(22-3)23-13-18-6-8-19(9-7-18)15-25-10-4-5-11-25;/h6-9,12H,4-5,10-11,13-15H2,1-3H3,(H2,22,23,24);1H. The van der Waals surface area contributed by atoms with Crippen molar-refractivity contribution in [2.45, 2.75) is 46.3 Å². The summed E-state index contributed by atoms with van der Waals surface area (Å²) >= 11 is 0. The molecule has 1 aliphatic rings. The third kappa shape index (κ3) is 6.53. The Morgan fingerprint density at radius 2 is 1.67 bits per heavy atom. The molecule has 0 atom stereocenters. The van der Waals surface area contributed by atoms with Gasteiger partial charge in [0.15, 0.2) is 5.96 Å². The maximum Gasteiger partial charge on any atom is 0.191 e. The van der Waals surface area contributed by atoms with Crippen LogP contribution in [-0.2, 0) is 19.6 Å². The fourth-order valence-electron chi connectivity index (χ4n) is 3.41. The number of halogens is 1. The van der Waals surface area contributed by atoms with Crippen LogP contribution in [0.5, 0.6) is 0 Å². The molecular formula is C21H31IN4O. The summed E-state index contributed by atoms with van der Waals surface area (Å²) in [6.45, 7) is 8.97. The Kier molecular flexibility index (Phi) is 8.63. The normalized spacial score (nSPS) is 14.9. The average Bonchev–Trinajstić information content (AvgIpc) is 3.25. The molecule has 1 aromatic carbocycles. The Morgan fingerprint density at radius 1 is 1.04 bits per heavy atom. The van der Waals surface area contributed by atoms with E-state index in [2.05, 4.69) is 50.9 Å². The zero-order valence-corrected chi connectivity index (χ0v) is 18.9. The highest BCUT2D eigenvalue weighted by Crippen LogP contribution is 2.14. The summed E-state index contributed by atoms with van der Waals surface area (Å²) in [6, 6.07) is 10.9. The Bertz CT molecular complexity index is 733. The van der Waals surface area contributed by atoms with E-state index in [1.54, 1.807) is 7.05 Å². The lowest BCUT2D eigenvalue weighted by Gasteiger charge is -2.15. The highest BCUT2D eigenvalue weighted by atomic mass is 127. The van der Waals surface area contributed by atoms with Gasteiger partial charge in [0.1, 0.15) is 11.5 Å². The first-order chi connectivity index (χ1) is 12.6. The summed E-state index contributed by atoms with van der Waals surface area (Å²) in [5.41, 5.74) is 3.81. The molecule has 0 spiro atoms. The smallest absolute Gasteiger partial charge is 0.191 e. The van der Waals surface area contributed by atoms with Crippen molar-refractivity contribution >= 4 is 29.9 Å². The minimum atomic E-state index is 0. The highest BCUT2D eigenvalue weighted by Gasteiger charge is 2.11. The third-order valence-corrected chi connectivity index (χ3v) is 4.90. The SMILES string of the molecule is CN=C(NCc1ccc(CN2CCCC2)cc1)NCc1cc(C)oc1C.I. The second kappa shape index (κ2) is 10.7. The number of nitrogens with zero attached hydrogens (tertiary/aromatic N) is 2. The molecule has 0 bridgehead atoms. The molecule has 0 unspecified atom stereocenters. The predicted molar refractivity (Wildman–Crippen MR) is 122 cm³/mol. The summed E-state index contributed by atoms with van der Waals surface area (Å²) in [6.07, 6.45) is 2.68. The van der Waals surface area contributed by atoms with Gasteiger partial charge in [-0.25, -0.2) is 0 Å². The lowest BCUT2D eigenvalue weighted by atomic mass is 10.1. The fourth-order valence-corrected chi connectivity index (χ4v) is 3.41. The Balaban J connectivity index is 0.00000261. The number of furan rings is 1. The van der Waals surface area contributed by atoms with E-state index in [-0.39, 0.29) is 24.0 Å². The molecule has 6 heteroatoms. The van der Waals surface area contributed by atoms with Crippen molar-refractivity contribution in [1.82, 2.24) is 15.5 Å². The highest BCUT2D eigenvalue weighted by molar-refractivity contribution is 14.0. The van der Waals surface area contributed by atoms with Crippen molar-refractivity contribution in [3.63, 3.8) is 0 Å². The largest absolute Gasteiger partial charge is 0.466 e. The number of nitrogens with one attached hydrogen (secondary N) is 2. The van der Waals surface area contributed by atoms with Crippen molar-refractivity contribution in [2.24, 2.45) is 4.99 Å². The molecule has 5 nitrogen and oxygen atoms in total. The van der Waals surface area contributed by atoms with Gasteiger partial charge in [-0.05, 0) is 57.0 Å². The molecule has 2 heterocycles. The molecule has 0 aliphatic carbocycles. The minimum Gasteiger partial charge on any atom is -0.466 e. The van der Waals surface area contributed by atoms with Crippen LogP contribution in [0.3, 0.4) is 0 Å². The van der Waals surface area contributed by atoms with Crippen molar-refractivity contribution in [3.8, 4) is 0 Å². The van der Waals surface area contributed by atoms with E-state index >= 15 is 0 Å². The summed E-state index contributed by atoms with van der Waals surface area (Å²) in [7, 11) is 1.79. The number of guanidine groups is 1. The van der Waals surface area contributed by atoms with E-state index in [1.165, 1.54) is 37.1 Å². The van der Waals surface area contributed by atoms with Gasteiger partial charge in [0.05, 0.1) is 0 Å². The zero-order chi connectivity index (χ0) is 18.4. The number of aliphatic imine (C=N–C) groups is 1. The predicted octanol–water partition coefficient (Wildman–Crippen LogP) is 3.98. The molecule has 1 fully saturated rings. The molecular weight excluding hydrogens is 451 g/mol. The van der Waals surface area contributed by atoms with Crippen LogP contribution >= 0.6 is 24.0 Å². The Hall–Kier alpha value is -1.54. The van der Waals surface area contributed by atoms with E-state index in [0.717, 1.165) is 36.1 Å². The van der Waals surface area contributed by atoms with Crippen LogP contribution in [0.25, 0.3) is 0 Å². The van der Waals surface area contributed by atoms with Crippen LogP contribution in [0.2, 0.25) is 0 Å². The fraction of sp³-hybridized carbons (Fsp3) is 0.476. The lowest BCUT2D eigenvalue weighted by molar-refractivity contribution is 0.331. The van der Waals surface area contributed by atoms with Crippen LogP contribution in [-0.4, -0.2) is 31.0 Å². The molecule has 1 aliphatic heterocycles. The molecule has 1 saturated heterocycles. The molecule has 0 radical (unpaired) electrons. The van der Waals surface area contributed by atoms with Gasteiger partial charge >= 0.3 is 0 Å². The molecule has 0 amide bonds. The van der Waals surface area contributed by atoms with Crippen LogP contribution < -0.4 is 10.6 Å². The van der Waals surface area contributed by atoms with Crippen molar-refractivity contribution in [2.75, 3.05) is 20.1 Å². The van der Waals surface area contributed by atoms with Crippen molar-refractivity contribution < 1.29 is 4.42 Å². The minimum absolute atomic E-state index is 0. The first-order valence-electron chi connectivity index (χ1n) is 9.44. The average molecular weight is 482 g/mol. The summed E-state index contributed by atoms with van der Waals surface area (Å²) in [5, 5.41) is 6.71. The van der Waals surface area contributed by atoms with Gasteiger partial charge < -0.3 is 15.1 Å². The molecule has 0 saturated carbocycles. The van der Waals surface area contributed by atoms with Gasteiger partial charge in [0, 0.05) is 32.2 Å². The van der Waals surface area contributed by atoms with Crippen molar-refractivity contribution in [3.05, 3.63) is 58.5 Å². The van der Waals surface area contributed by atoms with Gasteiger partial charge in [-0.3, -0.25) is 9.89 Å².